The van der Waals surface area contributed by atoms with E-state index in [1.165, 1.54) is 71.1 Å². The summed E-state index contributed by atoms with van der Waals surface area (Å²) in [5.41, 5.74) is 7.29. The van der Waals surface area contributed by atoms with Crippen molar-refractivity contribution in [3.63, 3.8) is 0 Å². The highest BCUT2D eigenvalue weighted by molar-refractivity contribution is 7.19. The fourth-order valence-electron chi connectivity index (χ4n) is 5.14. The largest absolute Gasteiger partial charge is 0.497 e. The quantitative estimate of drug-likeness (QED) is 0.501. The predicted molar refractivity (Wildman–Crippen MR) is 119 cm³/mol. The number of aryl methyl sites for hydroxylation is 2. The lowest BCUT2D eigenvalue weighted by Crippen LogP contribution is -2.16. The summed E-state index contributed by atoms with van der Waals surface area (Å²) in [5.74, 6) is 2.51. The molecule has 0 N–H and O–H groups in total. The summed E-state index contributed by atoms with van der Waals surface area (Å²) >= 11 is 1.96. The number of ether oxygens (including phenoxy) is 1. The number of hydrogen-bond acceptors (Lipinski definition) is 3. The minimum absolute atomic E-state index is 0.790. The zero-order valence-corrected chi connectivity index (χ0v) is 18.0. The van der Waals surface area contributed by atoms with E-state index in [2.05, 4.69) is 38.1 Å². The third kappa shape index (κ3) is 2.95. The molecule has 146 valence electrons. The van der Waals surface area contributed by atoms with Crippen molar-refractivity contribution in [3.8, 4) is 16.9 Å². The van der Waals surface area contributed by atoms with Crippen LogP contribution in [0, 0.1) is 11.8 Å². The van der Waals surface area contributed by atoms with E-state index >= 15 is 0 Å². The Labute approximate surface area is 172 Å². The molecule has 28 heavy (non-hydrogen) atoms. The number of hydrogen-bond donors (Lipinski definition) is 0. The fourth-order valence-corrected chi connectivity index (χ4v) is 6.55. The first-order valence-corrected chi connectivity index (χ1v) is 11.6. The highest BCUT2D eigenvalue weighted by atomic mass is 32.1. The van der Waals surface area contributed by atoms with Crippen molar-refractivity contribution in [2.75, 3.05) is 7.11 Å². The maximum atomic E-state index is 5.42. The molecule has 0 bridgehead atoms. The molecule has 1 aromatic carbocycles. The van der Waals surface area contributed by atoms with Crippen LogP contribution in [0.25, 0.3) is 21.3 Å². The van der Waals surface area contributed by atoms with Crippen molar-refractivity contribution in [1.29, 1.82) is 0 Å². The molecule has 0 amide bonds. The van der Waals surface area contributed by atoms with Crippen LogP contribution in [0.2, 0.25) is 0 Å². The van der Waals surface area contributed by atoms with Gasteiger partial charge in [0, 0.05) is 16.0 Å². The maximum absolute atomic E-state index is 5.42. The van der Waals surface area contributed by atoms with E-state index in [-0.39, 0.29) is 0 Å². The molecule has 5 rings (SSSR count). The van der Waals surface area contributed by atoms with Crippen LogP contribution < -0.4 is 4.74 Å². The third-order valence-electron chi connectivity index (χ3n) is 6.87. The minimum Gasteiger partial charge on any atom is -0.497 e. The van der Waals surface area contributed by atoms with Crippen LogP contribution in [0.15, 0.2) is 24.3 Å². The molecule has 2 unspecified atom stereocenters. The molecule has 2 heterocycles. The fraction of sp³-hybridized carbons (Fsp3) is 0.480. The van der Waals surface area contributed by atoms with Crippen LogP contribution in [0.1, 0.15) is 54.8 Å². The summed E-state index contributed by atoms with van der Waals surface area (Å²) in [4.78, 5) is 8.09. The number of thiophene rings is 1. The number of nitrogens with zero attached hydrogens (tertiary/aromatic N) is 1. The number of benzene rings is 1. The van der Waals surface area contributed by atoms with Crippen molar-refractivity contribution in [1.82, 2.24) is 4.98 Å². The van der Waals surface area contributed by atoms with E-state index in [4.69, 9.17) is 9.72 Å². The third-order valence-corrected chi connectivity index (χ3v) is 8.02. The van der Waals surface area contributed by atoms with Crippen molar-refractivity contribution >= 4 is 21.6 Å². The van der Waals surface area contributed by atoms with Crippen LogP contribution in [0.4, 0.5) is 0 Å². The molecule has 0 fully saturated rings. The molecule has 2 nitrogen and oxygen atoms in total. The number of aromatic nitrogens is 1. The van der Waals surface area contributed by atoms with Crippen molar-refractivity contribution in [2.45, 2.75) is 58.8 Å². The van der Waals surface area contributed by atoms with E-state index in [9.17, 15) is 0 Å². The average Bonchev–Trinajstić information content (AvgIpc) is 3.08. The maximum Gasteiger partial charge on any atom is 0.124 e. The van der Waals surface area contributed by atoms with E-state index < -0.39 is 0 Å². The van der Waals surface area contributed by atoms with Crippen LogP contribution in [0.3, 0.4) is 0 Å². The summed E-state index contributed by atoms with van der Waals surface area (Å²) in [7, 11) is 1.74. The van der Waals surface area contributed by atoms with Gasteiger partial charge in [-0.05, 0) is 84.7 Å². The van der Waals surface area contributed by atoms with Crippen LogP contribution in [0.5, 0.6) is 5.75 Å². The highest BCUT2D eigenvalue weighted by Crippen LogP contribution is 2.46. The summed E-state index contributed by atoms with van der Waals surface area (Å²) in [6.45, 7) is 4.73. The van der Waals surface area contributed by atoms with Gasteiger partial charge in [-0.2, -0.15) is 0 Å². The Morgan fingerprint density at radius 2 is 1.89 bits per heavy atom. The van der Waals surface area contributed by atoms with Crippen LogP contribution in [-0.4, -0.2) is 12.1 Å². The van der Waals surface area contributed by atoms with Gasteiger partial charge in [-0.3, -0.25) is 0 Å². The monoisotopic (exact) mass is 391 g/mol. The second-order valence-electron chi connectivity index (χ2n) is 8.69. The Morgan fingerprint density at radius 3 is 2.64 bits per heavy atom. The molecule has 0 aliphatic heterocycles. The SMILES string of the molecule is CCC1CCc2nc3sc4c(c3c(-c3ccc(OC)cc3)c2C1)CCC(C)C4. The average molecular weight is 392 g/mol. The molecule has 0 saturated carbocycles. The molecule has 2 aliphatic carbocycles. The molecule has 3 aromatic rings. The van der Waals surface area contributed by atoms with Gasteiger partial charge < -0.3 is 4.74 Å². The number of methoxy groups -OCH3 is 1. The van der Waals surface area contributed by atoms with Crippen molar-refractivity contribution < 1.29 is 4.74 Å². The van der Waals surface area contributed by atoms with Gasteiger partial charge in [-0.15, -0.1) is 11.3 Å². The lowest BCUT2D eigenvalue weighted by molar-refractivity contribution is 0.415. The molecule has 0 spiro atoms. The van der Waals surface area contributed by atoms with Gasteiger partial charge in [0.15, 0.2) is 0 Å². The van der Waals surface area contributed by atoms with Gasteiger partial charge in [-0.25, -0.2) is 4.98 Å². The van der Waals surface area contributed by atoms with Crippen molar-refractivity contribution in [3.05, 3.63) is 46.0 Å². The lowest BCUT2D eigenvalue weighted by Gasteiger charge is -2.26. The summed E-state index contributed by atoms with van der Waals surface area (Å²) in [6, 6.07) is 8.71. The predicted octanol–water partition coefficient (Wildman–Crippen LogP) is 6.61. The standard InChI is InChI=1S/C25H29NOS/c1-4-16-6-12-21-20(14-16)23(17-7-9-18(27-3)10-8-17)24-19-11-5-15(2)13-22(19)28-25(24)26-21/h7-10,15-16H,4-6,11-14H2,1-3H3. The topological polar surface area (TPSA) is 22.1 Å². The Balaban J connectivity index is 1.78. The van der Waals surface area contributed by atoms with Crippen molar-refractivity contribution in [2.24, 2.45) is 11.8 Å². The number of pyridine rings is 1. The zero-order valence-electron chi connectivity index (χ0n) is 17.2. The molecular weight excluding hydrogens is 362 g/mol. The Bertz CT molecular complexity index is 1020. The normalized spacial score (nSPS) is 21.4. The second kappa shape index (κ2) is 7.18. The Kier molecular flexibility index (Phi) is 4.66. The highest BCUT2D eigenvalue weighted by Gasteiger charge is 2.29. The molecule has 2 atom stereocenters. The lowest BCUT2D eigenvalue weighted by atomic mass is 9.79. The first kappa shape index (κ1) is 18.2. The summed E-state index contributed by atoms with van der Waals surface area (Å²) in [6.07, 6.45) is 8.58. The van der Waals surface area contributed by atoms with Crippen LogP contribution >= 0.6 is 11.3 Å². The summed E-state index contributed by atoms with van der Waals surface area (Å²) < 4.78 is 5.42. The van der Waals surface area contributed by atoms with Gasteiger partial charge >= 0.3 is 0 Å². The number of fused-ring (bicyclic) bond motifs is 4. The van der Waals surface area contributed by atoms with Gasteiger partial charge in [0.25, 0.3) is 0 Å². The first-order chi connectivity index (χ1) is 13.7. The number of rotatable bonds is 3. The van der Waals surface area contributed by atoms with Gasteiger partial charge in [0.2, 0.25) is 0 Å². The Morgan fingerprint density at radius 1 is 1.07 bits per heavy atom. The molecule has 0 saturated heterocycles. The Hall–Kier alpha value is -1.87. The van der Waals surface area contributed by atoms with Crippen LogP contribution in [-0.2, 0) is 25.7 Å². The van der Waals surface area contributed by atoms with E-state index in [0.717, 1.165) is 24.0 Å². The minimum atomic E-state index is 0.790. The van der Waals surface area contributed by atoms with E-state index in [0.29, 0.717) is 0 Å². The van der Waals surface area contributed by atoms with Gasteiger partial charge in [0.05, 0.1) is 7.11 Å². The molecule has 0 radical (unpaired) electrons. The smallest absolute Gasteiger partial charge is 0.124 e. The molecular formula is C25H29NOS. The molecule has 2 aliphatic rings. The van der Waals surface area contributed by atoms with Gasteiger partial charge in [-0.1, -0.05) is 32.4 Å². The first-order valence-electron chi connectivity index (χ1n) is 10.8. The molecule has 3 heteroatoms. The zero-order chi connectivity index (χ0) is 19.3. The molecule has 2 aromatic heterocycles. The van der Waals surface area contributed by atoms with E-state index in [1.807, 2.05) is 11.3 Å². The second-order valence-corrected chi connectivity index (χ2v) is 9.77. The van der Waals surface area contributed by atoms with E-state index in [1.54, 1.807) is 17.6 Å². The summed E-state index contributed by atoms with van der Waals surface area (Å²) in [5, 5.41) is 1.47. The van der Waals surface area contributed by atoms with Gasteiger partial charge in [0.1, 0.15) is 10.6 Å².